The summed E-state index contributed by atoms with van der Waals surface area (Å²) in [5.74, 6) is -1.02. The van der Waals surface area contributed by atoms with Gasteiger partial charge in [0.1, 0.15) is 29.1 Å². The number of furan rings is 1. The molecule has 1 amide bonds. The number of nitrogens with zero attached hydrogens (tertiary/aromatic N) is 2. The number of aryl methyl sites for hydroxylation is 1. The third-order valence-electron chi connectivity index (χ3n) is 5.14. The number of benzene rings is 1. The summed E-state index contributed by atoms with van der Waals surface area (Å²) in [6, 6.07) is 8.78. The molecule has 4 rings (SSSR count). The molecule has 0 saturated carbocycles. The van der Waals surface area contributed by atoms with Gasteiger partial charge in [0, 0.05) is 24.0 Å². The van der Waals surface area contributed by atoms with Crippen molar-refractivity contribution in [1.82, 2.24) is 9.88 Å². The molecule has 164 valence electrons. The Morgan fingerprint density at radius 2 is 1.91 bits per heavy atom. The minimum atomic E-state index is -0.959. The topological polar surface area (TPSA) is 92.9 Å². The quantitative estimate of drug-likeness (QED) is 0.321. The van der Waals surface area contributed by atoms with Crippen LogP contribution in [0.2, 0.25) is 10.0 Å². The summed E-state index contributed by atoms with van der Waals surface area (Å²) in [5.41, 5.74) is 0.716. The maximum absolute atomic E-state index is 13.1. The number of Topliss-reactive ketones (excluding diaryl/α,β-unsaturated/α-hetero) is 1. The number of amides is 1. The third-order valence-corrected chi connectivity index (χ3v) is 5.64. The molecule has 1 saturated heterocycles. The average molecular weight is 473 g/mol. The van der Waals surface area contributed by atoms with Gasteiger partial charge in [0.2, 0.25) is 0 Å². The van der Waals surface area contributed by atoms with Crippen molar-refractivity contribution < 1.29 is 23.8 Å². The van der Waals surface area contributed by atoms with E-state index in [1.54, 1.807) is 43.6 Å². The normalized spacial score (nSPS) is 17.8. The van der Waals surface area contributed by atoms with Crippen LogP contribution in [0, 0.1) is 6.92 Å². The second-order valence-electron chi connectivity index (χ2n) is 7.20. The minimum absolute atomic E-state index is 0.0974. The largest absolute Gasteiger partial charge is 0.507 e. The van der Waals surface area contributed by atoms with Crippen molar-refractivity contribution in [2.75, 3.05) is 7.11 Å². The van der Waals surface area contributed by atoms with Gasteiger partial charge < -0.3 is 19.2 Å². The number of ketones is 1. The SMILES string of the molecule is COc1c(Cl)cc(Cl)cc1/C(O)=C1\C(=O)C(=O)N(Cc2ccncc2)C1c1ccc(C)o1. The molecule has 7 nitrogen and oxygen atoms in total. The number of methoxy groups -OCH3 is 1. The number of aliphatic hydroxyl groups is 1. The maximum Gasteiger partial charge on any atom is 0.296 e. The number of hydrogen-bond acceptors (Lipinski definition) is 6. The lowest BCUT2D eigenvalue weighted by Gasteiger charge is -2.23. The molecule has 3 aromatic rings. The molecule has 32 heavy (non-hydrogen) atoms. The molecule has 0 bridgehead atoms. The highest BCUT2D eigenvalue weighted by molar-refractivity contribution is 6.46. The number of halogens is 2. The van der Waals surface area contributed by atoms with Crippen LogP contribution < -0.4 is 4.74 Å². The van der Waals surface area contributed by atoms with E-state index in [1.165, 1.54) is 24.1 Å². The van der Waals surface area contributed by atoms with Gasteiger partial charge in [-0.1, -0.05) is 23.2 Å². The fourth-order valence-corrected chi connectivity index (χ4v) is 4.28. The first-order valence-corrected chi connectivity index (χ1v) is 10.3. The zero-order valence-corrected chi connectivity index (χ0v) is 18.6. The van der Waals surface area contributed by atoms with Gasteiger partial charge in [-0.25, -0.2) is 0 Å². The number of carbonyl (C=O) groups is 2. The van der Waals surface area contributed by atoms with E-state index >= 15 is 0 Å². The van der Waals surface area contributed by atoms with Crippen molar-refractivity contribution in [3.8, 4) is 5.75 Å². The molecule has 1 aliphatic rings. The molecule has 1 atom stereocenters. The number of hydrogen-bond donors (Lipinski definition) is 1. The molecule has 1 fully saturated rings. The molecule has 9 heteroatoms. The number of aliphatic hydroxyl groups excluding tert-OH is 1. The summed E-state index contributed by atoms with van der Waals surface area (Å²) in [7, 11) is 1.38. The molecule has 1 aromatic carbocycles. The van der Waals surface area contributed by atoms with Crippen LogP contribution in [0.5, 0.6) is 5.75 Å². The summed E-state index contributed by atoms with van der Waals surface area (Å²) in [6.45, 7) is 1.86. The lowest BCUT2D eigenvalue weighted by atomic mass is 9.98. The Morgan fingerprint density at radius 1 is 1.19 bits per heavy atom. The first-order chi connectivity index (χ1) is 15.3. The van der Waals surface area contributed by atoms with E-state index in [9.17, 15) is 14.7 Å². The molecular weight excluding hydrogens is 455 g/mol. The standard InChI is InChI=1S/C23H18Cl2N2O5/c1-12-3-4-17(32-12)19-18(20(28)15-9-14(24)10-16(25)22(15)31-2)21(29)23(30)27(19)11-13-5-7-26-8-6-13/h3-10,19,28H,11H2,1-2H3/b20-18+. The summed E-state index contributed by atoms with van der Waals surface area (Å²) >= 11 is 12.3. The third kappa shape index (κ3) is 3.85. The van der Waals surface area contributed by atoms with Crippen LogP contribution >= 0.6 is 23.2 Å². The predicted molar refractivity (Wildman–Crippen MR) is 119 cm³/mol. The van der Waals surface area contributed by atoms with Crippen molar-refractivity contribution in [2.24, 2.45) is 0 Å². The Bertz CT molecular complexity index is 1240. The van der Waals surface area contributed by atoms with Gasteiger partial charge in [-0.2, -0.15) is 0 Å². The van der Waals surface area contributed by atoms with Crippen LogP contribution in [0.4, 0.5) is 0 Å². The van der Waals surface area contributed by atoms with Crippen LogP contribution in [0.15, 0.2) is 58.8 Å². The van der Waals surface area contributed by atoms with Gasteiger partial charge >= 0.3 is 0 Å². The first-order valence-electron chi connectivity index (χ1n) is 9.59. The van der Waals surface area contributed by atoms with Crippen LogP contribution in [-0.2, 0) is 16.1 Å². The van der Waals surface area contributed by atoms with E-state index in [0.29, 0.717) is 11.5 Å². The number of pyridine rings is 1. The molecule has 0 aliphatic carbocycles. The molecule has 2 aromatic heterocycles. The minimum Gasteiger partial charge on any atom is -0.507 e. The highest BCUT2D eigenvalue weighted by atomic mass is 35.5. The summed E-state index contributed by atoms with van der Waals surface area (Å²) in [4.78, 5) is 31.5. The predicted octanol–water partition coefficient (Wildman–Crippen LogP) is 4.92. The molecule has 1 N–H and O–H groups in total. The molecule has 3 heterocycles. The average Bonchev–Trinajstić information content (AvgIpc) is 3.30. The lowest BCUT2D eigenvalue weighted by Crippen LogP contribution is -2.29. The van der Waals surface area contributed by atoms with Crippen molar-refractivity contribution in [3.63, 3.8) is 0 Å². The number of aromatic nitrogens is 1. The van der Waals surface area contributed by atoms with E-state index in [2.05, 4.69) is 4.98 Å². The highest BCUT2D eigenvalue weighted by Gasteiger charge is 2.47. The van der Waals surface area contributed by atoms with Crippen molar-refractivity contribution >= 4 is 40.7 Å². The monoisotopic (exact) mass is 472 g/mol. The Hall–Kier alpha value is -3.29. The van der Waals surface area contributed by atoms with Gasteiger partial charge in [-0.15, -0.1) is 0 Å². The first kappa shape index (κ1) is 21.9. The zero-order valence-electron chi connectivity index (χ0n) is 17.1. The van der Waals surface area contributed by atoms with Gasteiger partial charge in [-0.05, 0) is 48.9 Å². The summed E-state index contributed by atoms with van der Waals surface area (Å²) < 4.78 is 11.1. The van der Waals surface area contributed by atoms with E-state index in [1.807, 2.05) is 0 Å². The van der Waals surface area contributed by atoms with Crippen LogP contribution in [0.3, 0.4) is 0 Å². The Morgan fingerprint density at radius 3 is 2.53 bits per heavy atom. The molecule has 1 unspecified atom stereocenters. The highest BCUT2D eigenvalue weighted by Crippen LogP contribution is 2.44. The van der Waals surface area contributed by atoms with E-state index < -0.39 is 23.5 Å². The second-order valence-corrected chi connectivity index (χ2v) is 8.04. The summed E-state index contributed by atoms with van der Waals surface area (Å²) in [5, 5.41) is 11.6. The van der Waals surface area contributed by atoms with Gasteiger partial charge in [0.25, 0.3) is 11.7 Å². The smallest absolute Gasteiger partial charge is 0.296 e. The number of rotatable bonds is 5. The summed E-state index contributed by atoms with van der Waals surface area (Å²) in [6.07, 6.45) is 3.19. The van der Waals surface area contributed by atoms with Crippen molar-refractivity contribution in [1.29, 1.82) is 0 Å². The number of likely N-dealkylation sites (tertiary alicyclic amines) is 1. The zero-order chi connectivity index (χ0) is 23.0. The fourth-order valence-electron chi connectivity index (χ4n) is 3.71. The lowest BCUT2D eigenvalue weighted by molar-refractivity contribution is -0.140. The van der Waals surface area contributed by atoms with Crippen LogP contribution in [0.1, 0.15) is 28.7 Å². The Labute approximate surface area is 193 Å². The number of ether oxygens (including phenoxy) is 1. The van der Waals surface area contributed by atoms with Gasteiger partial charge in [-0.3, -0.25) is 14.6 Å². The number of carbonyl (C=O) groups excluding carboxylic acids is 2. The van der Waals surface area contributed by atoms with E-state index in [0.717, 1.165) is 5.56 Å². The van der Waals surface area contributed by atoms with Gasteiger partial charge in [0.15, 0.2) is 0 Å². The van der Waals surface area contributed by atoms with Crippen molar-refractivity contribution in [3.05, 3.63) is 87.1 Å². The fraction of sp³-hybridized carbons (Fsp3) is 0.174. The van der Waals surface area contributed by atoms with Crippen molar-refractivity contribution in [2.45, 2.75) is 19.5 Å². The second kappa shape index (κ2) is 8.68. The van der Waals surface area contributed by atoms with Crippen LogP contribution in [0.25, 0.3) is 5.76 Å². The Kier molecular flexibility index (Phi) is 5.95. The van der Waals surface area contributed by atoms with E-state index in [-0.39, 0.29) is 33.5 Å². The van der Waals surface area contributed by atoms with Gasteiger partial charge in [0.05, 0.1) is 23.3 Å². The molecule has 0 spiro atoms. The Balaban J connectivity index is 1.92. The molecule has 1 aliphatic heterocycles. The molecular formula is C23H18Cl2N2O5. The maximum atomic E-state index is 13.1. The molecule has 0 radical (unpaired) electrons. The van der Waals surface area contributed by atoms with Crippen LogP contribution in [-0.4, -0.2) is 33.8 Å². The van der Waals surface area contributed by atoms with E-state index in [4.69, 9.17) is 32.4 Å².